The van der Waals surface area contributed by atoms with E-state index in [1.54, 1.807) is 58.3 Å². The molecule has 0 saturated carbocycles. The third-order valence-electron chi connectivity index (χ3n) is 15.5. The number of amides is 2. The molecule has 2 heterocycles. The summed E-state index contributed by atoms with van der Waals surface area (Å²) in [7, 11) is 0. The van der Waals surface area contributed by atoms with Crippen molar-refractivity contribution in [2.45, 2.75) is 233 Å². The van der Waals surface area contributed by atoms with Crippen LogP contribution in [0, 0.1) is 5.41 Å². The van der Waals surface area contributed by atoms with E-state index in [-0.39, 0.29) is 50.0 Å². The van der Waals surface area contributed by atoms with E-state index >= 15 is 9.59 Å². The van der Waals surface area contributed by atoms with Crippen LogP contribution in [0.25, 0.3) is 0 Å². The van der Waals surface area contributed by atoms with Crippen molar-refractivity contribution in [1.29, 1.82) is 0 Å². The van der Waals surface area contributed by atoms with E-state index in [1.807, 2.05) is 175 Å². The summed E-state index contributed by atoms with van der Waals surface area (Å²) < 4.78 is 25.6. The Balaban J connectivity index is 1.55. The van der Waals surface area contributed by atoms with E-state index in [4.69, 9.17) is 18.9 Å². The number of hydrogen-bond donors (Lipinski definition) is 2. The SMILES string of the molecule is CC(C)(C)c1cc(CC(Cc2cc(C(C)(C)C)c(O)c(C(C)(C)C)c2)(C(=O)OC2CC(C)(C)N(C(=O)Oc3ccccc3)C(C)(C)C2)C(=O)OC2CC(C)(C)N(C(=O)Oc3ccccc3)C(C)(C)C2)cc(C(C)(C)C)c1O. The number of rotatable bonds is 10. The van der Waals surface area contributed by atoms with Gasteiger partial charge in [-0.2, -0.15) is 0 Å². The van der Waals surface area contributed by atoms with Gasteiger partial charge in [0.15, 0.2) is 5.41 Å². The molecule has 6 rings (SSSR count). The lowest BCUT2D eigenvalue weighted by atomic mass is 9.71. The molecule has 77 heavy (non-hydrogen) atoms. The highest BCUT2D eigenvalue weighted by Gasteiger charge is 2.57. The first-order chi connectivity index (χ1) is 35.1. The van der Waals surface area contributed by atoms with Gasteiger partial charge in [-0.1, -0.05) is 144 Å². The Bertz CT molecular complexity index is 2520. The predicted molar refractivity (Wildman–Crippen MR) is 304 cm³/mol. The second-order valence-electron chi connectivity index (χ2n) is 28.7. The molecule has 2 saturated heterocycles. The number of phenols is 2. The van der Waals surface area contributed by atoms with Crippen LogP contribution in [0.2, 0.25) is 0 Å². The summed E-state index contributed by atoms with van der Waals surface area (Å²) in [6.07, 6.45) is -2.10. The summed E-state index contributed by atoms with van der Waals surface area (Å²) in [6.45, 7) is 39.6. The first kappa shape index (κ1) is 60.2. The lowest BCUT2D eigenvalue weighted by Gasteiger charge is -2.54. The van der Waals surface area contributed by atoms with Gasteiger partial charge in [0.2, 0.25) is 0 Å². The van der Waals surface area contributed by atoms with Gasteiger partial charge in [0.05, 0.1) is 0 Å². The Kier molecular flexibility index (Phi) is 16.4. The fourth-order valence-electron chi connectivity index (χ4n) is 12.3. The first-order valence-electron chi connectivity index (χ1n) is 27.4. The molecular weight excluding hydrogens is 969 g/mol. The number of nitrogens with zero attached hydrogens (tertiary/aromatic N) is 2. The molecule has 12 heteroatoms. The molecular formula is C65H90N2O10. The zero-order chi connectivity index (χ0) is 57.9. The number of carbonyl (C=O) groups is 4. The zero-order valence-corrected chi connectivity index (χ0v) is 50.0. The molecule has 2 fully saturated rings. The number of esters is 2. The minimum atomic E-state index is -2.09. The molecule has 0 radical (unpaired) electrons. The average molecular weight is 1060 g/mol. The van der Waals surface area contributed by atoms with Gasteiger partial charge in [0.25, 0.3) is 0 Å². The maximum atomic E-state index is 16.3. The van der Waals surface area contributed by atoms with Crippen LogP contribution in [0.1, 0.15) is 198 Å². The highest BCUT2D eigenvalue weighted by Crippen LogP contribution is 2.48. The molecule has 0 bridgehead atoms. The van der Waals surface area contributed by atoms with Crippen LogP contribution in [0.3, 0.4) is 0 Å². The van der Waals surface area contributed by atoms with Crippen molar-refractivity contribution in [2.24, 2.45) is 5.41 Å². The third-order valence-corrected chi connectivity index (χ3v) is 15.5. The number of aromatic hydroxyl groups is 2. The van der Waals surface area contributed by atoms with Gasteiger partial charge < -0.3 is 29.2 Å². The van der Waals surface area contributed by atoms with Gasteiger partial charge in [-0.05, 0) is 148 Å². The molecule has 420 valence electrons. The zero-order valence-electron chi connectivity index (χ0n) is 50.0. The normalized spacial score (nSPS) is 18.1. The van der Waals surface area contributed by atoms with E-state index in [2.05, 4.69) is 0 Å². The topological polar surface area (TPSA) is 152 Å². The minimum Gasteiger partial charge on any atom is -0.507 e. The molecule has 2 aliphatic rings. The Labute approximate surface area is 460 Å². The highest BCUT2D eigenvalue weighted by molar-refractivity contribution is 6.01. The number of carbonyl (C=O) groups excluding carboxylic acids is 4. The second kappa shape index (κ2) is 21.0. The van der Waals surface area contributed by atoms with E-state index in [9.17, 15) is 19.8 Å². The molecule has 0 spiro atoms. The quantitative estimate of drug-likeness (QED) is 0.116. The van der Waals surface area contributed by atoms with Crippen LogP contribution in [0.15, 0.2) is 84.9 Å². The van der Waals surface area contributed by atoms with Gasteiger partial charge >= 0.3 is 24.1 Å². The van der Waals surface area contributed by atoms with Crippen LogP contribution in [-0.2, 0) is 53.6 Å². The average Bonchev–Trinajstić information content (AvgIpc) is 3.24. The standard InChI is InChI=1S/C65H90N2O10/c1-57(2,3)47-31-41(32-48(51(47)68)58(4,5)6)35-65(36-42-33-49(59(7,8)9)52(69)50(34-42)60(10,11)12,53(70)74-45-37-61(13,14)66(62(15,16)38-45)55(72)76-43-27-23-21-24-28-43)54(71)75-46-39-63(17,18)67(64(19,20)40-46)56(73)77-44-29-25-22-26-30-44/h21-34,45-46,68-69H,35-40H2,1-20H3. The van der Waals surface area contributed by atoms with Crippen molar-refractivity contribution in [2.75, 3.05) is 0 Å². The number of likely N-dealkylation sites (tertiary alicyclic amines) is 2. The summed E-state index contributed by atoms with van der Waals surface area (Å²) in [5.41, 5.74) is -4.01. The van der Waals surface area contributed by atoms with Gasteiger partial charge in [-0.3, -0.25) is 19.4 Å². The van der Waals surface area contributed by atoms with Crippen molar-refractivity contribution >= 4 is 24.1 Å². The summed E-state index contributed by atoms with van der Waals surface area (Å²) in [5, 5.41) is 24.0. The minimum absolute atomic E-state index is 0.150. The molecule has 4 aromatic carbocycles. The van der Waals surface area contributed by atoms with Crippen molar-refractivity contribution < 1.29 is 48.3 Å². The summed E-state index contributed by atoms with van der Waals surface area (Å²) in [4.78, 5) is 64.3. The van der Waals surface area contributed by atoms with Crippen LogP contribution >= 0.6 is 0 Å². The number of phenolic OH excluding ortho intramolecular Hbond substituents is 2. The number of para-hydroxylation sites is 2. The van der Waals surface area contributed by atoms with Crippen molar-refractivity contribution in [1.82, 2.24) is 9.80 Å². The summed E-state index contributed by atoms with van der Waals surface area (Å²) >= 11 is 0. The molecule has 2 aliphatic heterocycles. The molecule has 4 aromatic rings. The van der Waals surface area contributed by atoms with Crippen molar-refractivity contribution in [3.8, 4) is 23.0 Å². The number of benzene rings is 4. The van der Waals surface area contributed by atoms with Gasteiger partial charge in [0, 0.05) is 47.8 Å². The number of hydrogen-bond acceptors (Lipinski definition) is 10. The molecule has 0 atom stereocenters. The fourth-order valence-corrected chi connectivity index (χ4v) is 12.3. The largest absolute Gasteiger partial charge is 0.507 e. The molecule has 0 unspecified atom stereocenters. The number of piperidine rings is 2. The predicted octanol–water partition coefficient (Wildman–Crippen LogP) is 14.6. The van der Waals surface area contributed by atoms with Gasteiger partial charge in [-0.15, -0.1) is 0 Å². The monoisotopic (exact) mass is 1060 g/mol. The second-order valence-corrected chi connectivity index (χ2v) is 28.7. The molecule has 0 aromatic heterocycles. The smallest absolute Gasteiger partial charge is 0.416 e. The number of ether oxygens (including phenoxy) is 4. The van der Waals surface area contributed by atoms with Crippen molar-refractivity contribution in [3.05, 3.63) is 118 Å². The highest BCUT2D eigenvalue weighted by atomic mass is 16.6. The maximum Gasteiger partial charge on any atom is 0.416 e. The van der Waals surface area contributed by atoms with E-state index in [0.29, 0.717) is 44.9 Å². The molecule has 12 nitrogen and oxygen atoms in total. The Morgan fingerprint density at radius 3 is 0.935 bits per heavy atom. The van der Waals surface area contributed by atoms with Gasteiger partial charge in [0.1, 0.15) is 35.2 Å². The summed E-state index contributed by atoms with van der Waals surface area (Å²) in [5.74, 6) is -0.488. The maximum absolute atomic E-state index is 16.3. The van der Waals surface area contributed by atoms with Crippen LogP contribution in [0.5, 0.6) is 23.0 Å². The van der Waals surface area contributed by atoms with Crippen molar-refractivity contribution in [3.63, 3.8) is 0 Å². The third kappa shape index (κ3) is 13.3. The molecule has 0 aliphatic carbocycles. The molecule has 2 N–H and O–H groups in total. The lowest BCUT2D eigenvalue weighted by Crippen LogP contribution is -2.65. The first-order valence-corrected chi connectivity index (χ1v) is 27.4. The van der Waals surface area contributed by atoms with Crippen LogP contribution in [-0.4, -0.2) is 78.5 Å². The van der Waals surface area contributed by atoms with Crippen LogP contribution < -0.4 is 9.47 Å². The van der Waals surface area contributed by atoms with Gasteiger partial charge in [-0.25, -0.2) is 9.59 Å². The van der Waals surface area contributed by atoms with E-state index < -0.39 is 85.6 Å². The Morgan fingerprint density at radius 1 is 0.455 bits per heavy atom. The lowest BCUT2D eigenvalue weighted by molar-refractivity contribution is -0.186. The Morgan fingerprint density at radius 2 is 0.701 bits per heavy atom. The summed E-state index contributed by atoms with van der Waals surface area (Å²) in [6, 6.07) is 25.4. The molecule has 2 amide bonds. The fraction of sp³-hybridized carbons (Fsp3) is 0.569. The van der Waals surface area contributed by atoms with E-state index in [1.165, 1.54) is 0 Å². The van der Waals surface area contributed by atoms with Crippen LogP contribution in [0.4, 0.5) is 9.59 Å². The Hall–Kier alpha value is -6.04. The van der Waals surface area contributed by atoms with E-state index in [0.717, 1.165) is 0 Å².